The van der Waals surface area contributed by atoms with E-state index in [1.54, 1.807) is 11.9 Å². The highest BCUT2D eigenvalue weighted by atomic mass is 35.5. The average molecular weight is 309 g/mol. The number of amides is 1. The molecule has 1 heterocycles. The molecule has 0 saturated carbocycles. The minimum Gasteiger partial charge on any atom is -0.311 e. The second-order valence-corrected chi connectivity index (χ2v) is 5.42. The predicted molar refractivity (Wildman–Crippen MR) is 82.9 cm³/mol. The number of hydrogen-bond acceptors (Lipinski definition) is 2. The second kappa shape index (κ2) is 5.81. The molecule has 0 aliphatic heterocycles. The van der Waals surface area contributed by atoms with Crippen LogP contribution in [0.4, 0.5) is 5.69 Å². The molecule has 0 aliphatic rings. The molecule has 1 amide bonds. The van der Waals surface area contributed by atoms with Crippen molar-refractivity contribution in [3.05, 3.63) is 57.3 Å². The van der Waals surface area contributed by atoms with Crippen LogP contribution in [0.1, 0.15) is 21.5 Å². The van der Waals surface area contributed by atoms with E-state index in [2.05, 4.69) is 4.98 Å². The van der Waals surface area contributed by atoms with E-state index < -0.39 is 0 Å². The van der Waals surface area contributed by atoms with Gasteiger partial charge < -0.3 is 4.90 Å². The van der Waals surface area contributed by atoms with E-state index >= 15 is 0 Å². The molecule has 1 aromatic carbocycles. The highest BCUT2D eigenvalue weighted by Gasteiger charge is 2.16. The van der Waals surface area contributed by atoms with E-state index in [1.165, 1.54) is 12.3 Å². The van der Waals surface area contributed by atoms with E-state index in [4.69, 9.17) is 23.2 Å². The number of pyridine rings is 1. The summed E-state index contributed by atoms with van der Waals surface area (Å²) >= 11 is 11.7. The van der Waals surface area contributed by atoms with Crippen molar-refractivity contribution in [2.45, 2.75) is 13.8 Å². The molecule has 0 N–H and O–H groups in total. The molecule has 0 radical (unpaired) electrons. The molecule has 0 atom stereocenters. The first-order valence-corrected chi connectivity index (χ1v) is 6.82. The largest absolute Gasteiger partial charge is 0.311 e. The van der Waals surface area contributed by atoms with Crippen LogP contribution in [0.25, 0.3) is 0 Å². The number of carbonyl (C=O) groups excluding carboxylic acids is 1. The second-order valence-electron chi connectivity index (χ2n) is 4.65. The maximum atomic E-state index is 12.4. The highest BCUT2D eigenvalue weighted by Crippen LogP contribution is 2.24. The molecule has 0 fully saturated rings. The van der Waals surface area contributed by atoms with Crippen molar-refractivity contribution in [1.82, 2.24) is 4.98 Å². The van der Waals surface area contributed by atoms with E-state index in [1.807, 2.05) is 32.0 Å². The van der Waals surface area contributed by atoms with E-state index in [0.29, 0.717) is 5.56 Å². The number of benzene rings is 1. The molecule has 3 nitrogen and oxygen atoms in total. The monoisotopic (exact) mass is 308 g/mol. The quantitative estimate of drug-likeness (QED) is 0.776. The number of nitrogens with zero attached hydrogens (tertiary/aromatic N) is 2. The van der Waals surface area contributed by atoms with Gasteiger partial charge in [0.15, 0.2) is 0 Å². The minimum absolute atomic E-state index is 0.178. The van der Waals surface area contributed by atoms with Gasteiger partial charge in [0.05, 0.1) is 10.6 Å². The van der Waals surface area contributed by atoms with Crippen LogP contribution in [-0.2, 0) is 0 Å². The van der Waals surface area contributed by atoms with Crippen molar-refractivity contribution in [1.29, 1.82) is 0 Å². The van der Waals surface area contributed by atoms with Crippen LogP contribution in [0.3, 0.4) is 0 Å². The topological polar surface area (TPSA) is 33.2 Å². The zero-order chi connectivity index (χ0) is 14.9. The van der Waals surface area contributed by atoms with E-state index in [9.17, 15) is 4.79 Å². The Morgan fingerprint density at radius 3 is 2.50 bits per heavy atom. The van der Waals surface area contributed by atoms with Crippen molar-refractivity contribution in [2.75, 3.05) is 11.9 Å². The van der Waals surface area contributed by atoms with Crippen LogP contribution in [0.2, 0.25) is 10.2 Å². The molecule has 20 heavy (non-hydrogen) atoms. The lowest BCUT2D eigenvalue weighted by Gasteiger charge is -2.20. The van der Waals surface area contributed by atoms with Crippen LogP contribution in [0.15, 0.2) is 30.5 Å². The standard InChI is InChI=1S/C15H14Cl2N2O/c1-9-4-5-13(10(2)6-9)19(3)15(20)11-7-12(16)14(17)18-8-11/h4-8H,1-3H3. The van der Waals surface area contributed by atoms with Gasteiger partial charge in [0.1, 0.15) is 5.15 Å². The summed E-state index contributed by atoms with van der Waals surface area (Å²) in [4.78, 5) is 17.9. The third kappa shape index (κ3) is 2.94. The van der Waals surface area contributed by atoms with Crippen molar-refractivity contribution in [3.63, 3.8) is 0 Å². The van der Waals surface area contributed by atoms with Gasteiger partial charge in [0.25, 0.3) is 5.91 Å². The van der Waals surface area contributed by atoms with Gasteiger partial charge in [-0.05, 0) is 31.5 Å². The van der Waals surface area contributed by atoms with Crippen molar-refractivity contribution in [2.24, 2.45) is 0 Å². The maximum absolute atomic E-state index is 12.4. The summed E-state index contributed by atoms with van der Waals surface area (Å²) in [5, 5.41) is 0.462. The van der Waals surface area contributed by atoms with Gasteiger partial charge in [-0.25, -0.2) is 4.98 Å². The first-order valence-electron chi connectivity index (χ1n) is 6.06. The molecular formula is C15H14Cl2N2O. The molecular weight excluding hydrogens is 295 g/mol. The number of aryl methyl sites for hydroxylation is 2. The number of rotatable bonds is 2. The number of hydrogen-bond donors (Lipinski definition) is 0. The summed E-state index contributed by atoms with van der Waals surface area (Å²) < 4.78 is 0. The number of anilines is 1. The van der Waals surface area contributed by atoms with Crippen molar-refractivity contribution >= 4 is 34.8 Å². The summed E-state index contributed by atoms with van der Waals surface area (Å²) in [6, 6.07) is 7.46. The summed E-state index contributed by atoms with van der Waals surface area (Å²) in [6.45, 7) is 3.99. The van der Waals surface area contributed by atoms with Crippen molar-refractivity contribution in [3.8, 4) is 0 Å². The van der Waals surface area contributed by atoms with Crippen LogP contribution in [0, 0.1) is 13.8 Å². The Bertz CT molecular complexity index is 671. The van der Waals surface area contributed by atoms with Gasteiger partial charge in [-0.15, -0.1) is 0 Å². The Balaban J connectivity index is 2.34. The molecule has 0 unspecified atom stereocenters. The SMILES string of the molecule is Cc1ccc(N(C)C(=O)c2cnc(Cl)c(Cl)c2)c(C)c1. The predicted octanol–water partition coefficient (Wildman–Crippen LogP) is 4.28. The minimum atomic E-state index is -0.178. The molecule has 0 aliphatic carbocycles. The van der Waals surface area contributed by atoms with Gasteiger partial charge in [-0.1, -0.05) is 40.9 Å². The van der Waals surface area contributed by atoms with Gasteiger partial charge in [0.2, 0.25) is 0 Å². The smallest absolute Gasteiger partial charge is 0.259 e. The molecule has 0 spiro atoms. The molecule has 0 bridgehead atoms. The number of aromatic nitrogens is 1. The van der Waals surface area contributed by atoms with Crippen LogP contribution < -0.4 is 4.90 Å². The van der Waals surface area contributed by atoms with E-state index in [0.717, 1.165) is 16.8 Å². The Morgan fingerprint density at radius 1 is 1.20 bits per heavy atom. The fourth-order valence-corrected chi connectivity index (χ4v) is 2.29. The zero-order valence-corrected chi connectivity index (χ0v) is 13.0. The van der Waals surface area contributed by atoms with Gasteiger partial charge in [-0.2, -0.15) is 0 Å². The fraction of sp³-hybridized carbons (Fsp3) is 0.200. The highest BCUT2D eigenvalue weighted by molar-refractivity contribution is 6.41. The summed E-state index contributed by atoms with van der Waals surface area (Å²) in [5.41, 5.74) is 3.45. The lowest BCUT2D eigenvalue weighted by molar-refractivity contribution is 0.0992. The van der Waals surface area contributed by atoms with Crippen LogP contribution in [-0.4, -0.2) is 17.9 Å². The van der Waals surface area contributed by atoms with Crippen LogP contribution in [0.5, 0.6) is 0 Å². The summed E-state index contributed by atoms with van der Waals surface area (Å²) in [5.74, 6) is -0.178. The van der Waals surface area contributed by atoms with Gasteiger partial charge in [-0.3, -0.25) is 4.79 Å². The Morgan fingerprint density at radius 2 is 1.90 bits per heavy atom. The Kier molecular flexibility index (Phi) is 4.31. The third-order valence-electron chi connectivity index (χ3n) is 3.06. The van der Waals surface area contributed by atoms with Gasteiger partial charge >= 0.3 is 0 Å². The normalized spacial score (nSPS) is 10.4. The Labute approximate surface area is 128 Å². The van der Waals surface area contributed by atoms with Gasteiger partial charge in [0, 0.05) is 18.9 Å². The molecule has 2 aromatic rings. The molecule has 104 valence electrons. The fourth-order valence-electron chi connectivity index (χ4n) is 2.02. The summed E-state index contributed by atoms with van der Waals surface area (Å²) in [7, 11) is 1.72. The maximum Gasteiger partial charge on any atom is 0.259 e. The third-order valence-corrected chi connectivity index (χ3v) is 3.75. The summed E-state index contributed by atoms with van der Waals surface area (Å²) in [6.07, 6.45) is 1.43. The molecule has 1 aromatic heterocycles. The average Bonchev–Trinajstić information content (AvgIpc) is 2.40. The lowest BCUT2D eigenvalue weighted by atomic mass is 10.1. The lowest BCUT2D eigenvalue weighted by Crippen LogP contribution is -2.27. The van der Waals surface area contributed by atoms with E-state index in [-0.39, 0.29) is 16.1 Å². The molecule has 2 rings (SSSR count). The first-order chi connectivity index (χ1) is 9.40. The number of carbonyl (C=O) groups is 1. The zero-order valence-electron chi connectivity index (χ0n) is 11.4. The number of halogens is 2. The van der Waals surface area contributed by atoms with Crippen LogP contribution >= 0.6 is 23.2 Å². The molecule has 5 heteroatoms. The first kappa shape index (κ1) is 14.8. The molecule has 0 saturated heterocycles. The van der Waals surface area contributed by atoms with Crippen molar-refractivity contribution < 1.29 is 4.79 Å². The Hall–Kier alpha value is -1.58.